The summed E-state index contributed by atoms with van der Waals surface area (Å²) in [6.07, 6.45) is 0. The summed E-state index contributed by atoms with van der Waals surface area (Å²) in [6.45, 7) is 1.71. The van der Waals surface area contributed by atoms with Crippen LogP contribution < -0.4 is 8.23 Å². The Hall–Kier alpha value is -0.0400. The van der Waals surface area contributed by atoms with Gasteiger partial charge in [-0.25, -0.2) is 0 Å². The van der Waals surface area contributed by atoms with E-state index in [2.05, 4.69) is 0 Å². The van der Waals surface area contributed by atoms with Crippen LogP contribution in [0.3, 0.4) is 0 Å². The number of hydrogen-bond donors (Lipinski definition) is 0. The molecule has 0 N–H and O–H groups in total. The Kier molecular flexibility index (Phi) is 13.9. The van der Waals surface area contributed by atoms with Gasteiger partial charge in [0.2, 0.25) is 0 Å². The number of nitrogens with zero attached hydrogens (tertiary/aromatic N) is 2. The summed E-state index contributed by atoms with van der Waals surface area (Å²) >= 11 is 27.6. The van der Waals surface area contributed by atoms with Gasteiger partial charge < -0.3 is 4.52 Å². The molecule has 16 heteroatoms. The zero-order chi connectivity index (χ0) is 26.9. The van der Waals surface area contributed by atoms with Crippen LogP contribution in [0.1, 0.15) is 13.8 Å². The third-order valence-electron chi connectivity index (χ3n) is 3.50. The molecule has 0 amide bonds. The maximum absolute atomic E-state index is 13.3. The van der Waals surface area contributed by atoms with Gasteiger partial charge in [-0.05, 0) is 44.2 Å². The fourth-order valence-corrected chi connectivity index (χ4v) is 7.53. The number of hydrogen-bond acceptors (Lipinski definition) is 7. The normalized spacial score (nSPS) is 12.2. The predicted molar refractivity (Wildman–Crippen MR) is 149 cm³/mol. The lowest BCUT2D eigenvalue weighted by molar-refractivity contribution is 0.218. The minimum absolute atomic E-state index is 0.158. The molecular formula is C19H24Cl4FN2O5PS3. The van der Waals surface area contributed by atoms with Crippen LogP contribution in [0, 0.1) is 0 Å². The van der Waals surface area contributed by atoms with Crippen molar-refractivity contribution < 1.29 is 26.4 Å². The minimum Gasteiger partial charge on any atom is -0.423 e. The second-order valence-electron chi connectivity index (χ2n) is 6.34. The Bertz CT molecular complexity index is 1090. The summed E-state index contributed by atoms with van der Waals surface area (Å²) in [5, 5.41) is 0.912. The van der Waals surface area contributed by atoms with Crippen molar-refractivity contribution in [2.75, 3.05) is 31.0 Å². The van der Waals surface area contributed by atoms with E-state index in [1.165, 1.54) is 26.2 Å². The number of rotatable bonds is 11. The average Bonchev–Trinajstić information content (AvgIpc) is 2.75. The van der Waals surface area contributed by atoms with E-state index >= 15 is 0 Å². The molecule has 0 aromatic heterocycles. The van der Waals surface area contributed by atoms with Crippen molar-refractivity contribution in [3.05, 3.63) is 58.6 Å². The summed E-state index contributed by atoms with van der Waals surface area (Å²) in [6, 6.07) is 12.9. The molecule has 0 bridgehead atoms. The highest BCUT2D eigenvalue weighted by Gasteiger charge is 2.35. The molecular weight excluding hydrogens is 624 g/mol. The van der Waals surface area contributed by atoms with Crippen LogP contribution >= 0.6 is 65.1 Å². The molecule has 0 aliphatic rings. The molecule has 2 rings (SSSR count). The highest BCUT2D eigenvalue weighted by molar-refractivity contribution is 8.15. The van der Waals surface area contributed by atoms with E-state index in [9.17, 15) is 12.8 Å². The van der Waals surface area contributed by atoms with E-state index in [1.807, 2.05) is 13.8 Å². The molecule has 0 unspecified atom stereocenters. The van der Waals surface area contributed by atoms with Crippen LogP contribution in [-0.4, -0.2) is 44.0 Å². The summed E-state index contributed by atoms with van der Waals surface area (Å²) in [4.78, 5) is 0. The second-order valence-corrected chi connectivity index (χ2v) is 15.1. The van der Waals surface area contributed by atoms with Crippen LogP contribution in [0.25, 0.3) is 0 Å². The molecule has 0 saturated heterocycles. The molecule has 2 aromatic carbocycles. The van der Waals surface area contributed by atoms with Crippen LogP contribution in [0.4, 0.5) is 10.1 Å². The van der Waals surface area contributed by atoms with Crippen molar-refractivity contribution in [2.45, 2.75) is 17.8 Å². The van der Waals surface area contributed by atoms with Gasteiger partial charge in [0.25, 0.3) is 0 Å². The number of alkyl halides is 3. The van der Waals surface area contributed by atoms with Gasteiger partial charge in [0.1, 0.15) is 5.75 Å². The van der Waals surface area contributed by atoms with Crippen molar-refractivity contribution in [1.29, 1.82) is 0 Å². The molecule has 198 valence electrons. The molecule has 35 heavy (non-hydrogen) atoms. The number of halogens is 5. The largest absolute Gasteiger partial charge is 0.423 e. The van der Waals surface area contributed by atoms with Crippen LogP contribution in [-0.2, 0) is 31.1 Å². The lowest BCUT2D eigenvalue weighted by Gasteiger charge is -2.27. The maximum atomic E-state index is 13.3. The first-order chi connectivity index (χ1) is 16.1. The van der Waals surface area contributed by atoms with Gasteiger partial charge in [-0.15, -0.1) is 0 Å². The van der Waals surface area contributed by atoms with Gasteiger partial charge in [-0.3, -0.25) is 9.05 Å². The number of anilines is 1. The lowest BCUT2D eigenvalue weighted by atomic mass is 10.3. The van der Waals surface area contributed by atoms with E-state index in [-0.39, 0.29) is 17.6 Å². The third-order valence-corrected chi connectivity index (χ3v) is 9.80. The van der Waals surface area contributed by atoms with E-state index in [0.717, 1.165) is 8.02 Å². The zero-order valence-corrected chi connectivity index (χ0v) is 25.4. The Morgan fingerprint density at radius 2 is 1.60 bits per heavy atom. The quantitative estimate of drug-likeness (QED) is 0.141. The molecule has 0 heterocycles. The van der Waals surface area contributed by atoms with Gasteiger partial charge >= 0.3 is 20.8 Å². The molecule has 0 aliphatic heterocycles. The standard InChI is InChI=1S/C10H13Cl2O3PS.C9H11Cl2FN2O2S2/c1-3-13-16(17,14-4-2)15-10-6-5-8(11)7-9(10)12;1-13(2)18(15,16)14(17-9(10,11)12)8-6-4-3-5-7-8/h5-7H,3-4H2,1-2H3;3-7H,1-2H3. The van der Waals surface area contributed by atoms with E-state index < -0.39 is 20.8 Å². The fourth-order valence-electron chi connectivity index (χ4n) is 2.10. The highest BCUT2D eigenvalue weighted by atomic mass is 35.5. The first kappa shape index (κ1) is 33.0. The summed E-state index contributed by atoms with van der Waals surface area (Å²) in [5.41, 5.74) is 0.250. The van der Waals surface area contributed by atoms with Crippen LogP contribution in [0.15, 0.2) is 48.5 Å². The van der Waals surface area contributed by atoms with Crippen molar-refractivity contribution in [3.8, 4) is 5.75 Å². The summed E-state index contributed by atoms with van der Waals surface area (Å²) in [5.74, 6) is 0.418. The number of benzene rings is 2. The molecule has 0 radical (unpaired) electrons. The molecule has 0 fully saturated rings. The molecule has 0 saturated carbocycles. The Morgan fingerprint density at radius 3 is 2.03 bits per heavy atom. The van der Waals surface area contributed by atoms with Crippen LogP contribution in [0.2, 0.25) is 10.0 Å². The van der Waals surface area contributed by atoms with Gasteiger partial charge in [-0.1, -0.05) is 64.6 Å². The van der Waals surface area contributed by atoms with Gasteiger partial charge in [0.15, 0.2) is 0 Å². The Morgan fingerprint density at radius 1 is 1.06 bits per heavy atom. The zero-order valence-electron chi connectivity index (χ0n) is 19.0. The molecule has 0 atom stereocenters. The number of para-hydroxylation sites is 1. The SMILES string of the molecule is CCOP(=S)(OCC)Oc1ccc(Cl)cc1Cl.CN(C)S(=O)(=O)N(SC(F)(Cl)Cl)c1ccccc1. The monoisotopic (exact) mass is 646 g/mol. The van der Waals surface area contributed by atoms with E-state index in [1.54, 1.807) is 36.4 Å². The molecule has 2 aromatic rings. The van der Waals surface area contributed by atoms with E-state index in [0.29, 0.717) is 29.0 Å². The second kappa shape index (κ2) is 14.8. The molecule has 0 spiro atoms. The smallest absolute Gasteiger partial charge is 0.380 e. The molecule has 7 nitrogen and oxygen atoms in total. The van der Waals surface area contributed by atoms with Gasteiger partial charge in [-0.2, -0.15) is 20.8 Å². The highest BCUT2D eigenvalue weighted by Crippen LogP contribution is 2.51. The lowest BCUT2D eigenvalue weighted by Crippen LogP contribution is -2.37. The fraction of sp³-hybridized carbons (Fsp3) is 0.368. The Labute approximate surface area is 235 Å². The van der Waals surface area contributed by atoms with Gasteiger partial charge in [0, 0.05) is 42.9 Å². The van der Waals surface area contributed by atoms with Crippen LogP contribution in [0.5, 0.6) is 5.75 Å². The third kappa shape index (κ3) is 11.5. The van der Waals surface area contributed by atoms with Crippen molar-refractivity contribution >= 4 is 92.8 Å². The first-order valence-electron chi connectivity index (χ1n) is 9.72. The minimum atomic E-state index is -3.90. The first-order valence-corrected chi connectivity index (χ1v) is 16.0. The predicted octanol–water partition coefficient (Wildman–Crippen LogP) is 7.68. The van der Waals surface area contributed by atoms with Crippen molar-refractivity contribution in [1.82, 2.24) is 4.31 Å². The average molecular weight is 648 g/mol. The summed E-state index contributed by atoms with van der Waals surface area (Å²) < 4.78 is 52.6. The topological polar surface area (TPSA) is 68.3 Å². The Balaban J connectivity index is 0.000000351. The van der Waals surface area contributed by atoms with E-state index in [4.69, 9.17) is 71.8 Å². The summed E-state index contributed by atoms with van der Waals surface area (Å²) in [7, 11) is -1.25. The maximum Gasteiger partial charge on any atom is 0.380 e. The molecule has 0 aliphatic carbocycles. The van der Waals surface area contributed by atoms with Crippen molar-refractivity contribution in [2.24, 2.45) is 0 Å². The van der Waals surface area contributed by atoms with Crippen molar-refractivity contribution in [3.63, 3.8) is 0 Å². The van der Waals surface area contributed by atoms with Gasteiger partial charge in [0.05, 0.1) is 23.9 Å².